The van der Waals surface area contributed by atoms with Crippen LogP contribution in [0, 0.1) is 5.82 Å². The van der Waals surface area contributed by atoms with Gasteiger partial charge in [-0.2, -0.15) is 5.10 Å². The third-order valence-corrected chi connectivity index (χ3v) is 5.23. The molecule has 0 aliphatic rings. The lowest BCUT2D eigenvalue weighted by Gasteiger charge is -2.03. The van der Waals surface area contributed by atoms with Gasteiger partial charge in [-0.1, -0.05) is 30.3 Å². The Morgan fingerprint density at radius 3 is 2.54 bits per heavy atom. The third-order valence-electron chi connectivity index (χ3n) is 4.09. The van der Waals surface area contributed by atoms with E-state index in [2.05, 4.69) is 20.8 Å². The van der Waals surface area contributed by atoms with E-state index in [-0.39, 0.29) is 5.91 Å². The molecule has 4 aromatic rings. The van der Waals surface area contributed by atoms with Crippen molar-refractivity contribution < 1.29 is 14.0 Å². The van der Waals surface area contributed by atoms with Crippen molar-refractivity contribution in [2.45, 2.75) is 6.54 Å². The van der Waals surface area contributed by atoms with E-state index in [1.165, 1.54) is 35.6 Å². The van der Waals surface area contributed by atoms with Gasteiger partial charge < -0.3 is 10.6 Å². The second-order valence-electron chi connectivity index (χ2n) is 6.05. The van der Waals surface area contributed by atoms with Gasteiger partial charge in [0.2, 0.25) is 0 Å². The summed E-state index contributed by atoms with van der Waals surface area (Å²) in [6, 6.07) is 16.5. The van der Waals surface area contributed by atoms with E-state index in [1.807, 2.05) is 30.3 Å². The lowest BCUT2D eigenvalue weighted by molar-refractivity contribution is 0.0954. The molecule has 3 N–H and O–H groups in total. The van der Waals surface area contributed by atoms with Crippen LogP contribution in [0.2, 0.25) is 0 Å². The number of rotatable bonds is 5. The van der Waals surface area contributed by atoms with Crippen LogP contribution in [0.5, 0.6) is 0 Å². The Bertz CT molecular complexity index is 1140. The molecule has 2 heterocycles. The fourth-order valence-corrected chi connectivity index (χ4v) is 3.63. The number of benzene rings is 2. The Labute approximate surface area is 163 Å². The molecule has 2 aromatic heterocycles. The predicted octanol–water partition coefficient (Wildman–Crippen LogP) is 3.95. The Morgan fingerprint density at radius 1 is 1.04 bits per heavy atom. The van der Waals surface area contributed by atoms with Crippen molar-refractivity contribution in [3.8, 4) is 0 Å². The molecule has 0 unspecified atom stereocenters. The van der Waals surface area contributed by atoms with Crippen LogP contribution in [0.1, 0.15) is 25.6 Å². The molecule has 0 saturated carbocycles. The first kappa shape index (κ1) is 17.9. The lowest BCUT2D eigenvalue weighted by Crippen LogP contribution is -2.21. The molecule has 0 atom stereocenters. The molecular weight excluding hydrogens is 379 g/mol. The van der Waals surface area contributed by atoms with Gasteiger partial charge in [0.05, 0.1) is 15.1 Å². The summed E-state index contributed by atoms with van der Waals surface area (Å²) < 4.78 is 13.7. The second-order valence-corrected chi connectivity index (χ2v) is 7.11. The van der Waals surface area contributed by atoms with Gasteiger partial charge in [-0.3, -0.25) is 14.7 Å². The largest absolute Gasteiger partial charge is 0.347 e. The molecule has 0 radical (unpaired) electrons. The third kappa shape index (κ3) is 3.77. The number of fused-ring (bicyclic) bond motifs is 1. The van der Waals surface area contributed by atoms with Crippen LogP contribution in [-0.2, 0) is 6.54 Å². The van der Waals surface area contributed by atoms with Gasteiger partial charge in [-0.05, 0) is 35.9 Å². The highest BCUT2D eigenvalue weighted by atomic mass is 32.1. The van der Waals surface area contributed by atoms with Crippen LogP contribution in [-0.4, -0.2) is 22.0 Å². The number of nitrogens with zero attached hydrogens (tertiary/aromatic N) is 1. The molecule has 0 aliphatic heterocycles. The molecule has 8 heteroatoms. The summed E-state index contributed by atoms with van der Waals surface area (Å²) in [6.07, 6.45) is 0. The molecule has 0 bridgehead atoms. The maximum Gasteiger partial charge on any atom is 0.261 e. The van der Waals surface area contributed by atoms with E-state index in [9.17, 15) is 14.0 Å². The Morgan fingerprint density at radius 2 is 1.79 bits per heavy atom. The zero-order valence-corrected chi connectivity index (χ0v) is 15.3. The van der Waals surface area contributed by atoms with Crippen molar-refractivity contribution in [2.75, 3.05) is 5.32 Å². The maximum absolute atomic E-state index is 13.0. The van der Waals surface area contributed by atoms with Gasteiger partial charge in [-0.25, -0.2) is 4.39 Å². The second kappa shape index (κ2) is 7.61. The molecular formula is C20H15FN4O2S. The van der Waals surface area contributed by atoms with Crippen molar-refractivity contribution in [3.05, 3.63) is 82.5 Å². The van der Waals surface area contributed by atoms with Crippen LogP contribution in [0.15, 0.2) is 60.7 Å². The van der Waals surface area contributed by atoms with Crippen LogP contribution in [0.3, 0.4) is 0 Å². The first-order valence-corrected chi connectivity index (χ1v) is 9.29. The first-order valence-electron chi connectivity index (χ1n) is 8.47. The normalized spacial score (nSPS) is 10.8. The number of hydrogen-bond acceptors (Lipinski definition) is 4. The Balaban J connectivity index is 1.48. The van der Waals surface area contributed by atoms with Crippen molar-refractivity contribution in [1.82, 2.24) is 15.5 Å². The SMILES string of the molecule is O=C(Nc1n[nH]c2cc(C(=O)NCc3ccccc3)sc12)c1ccc(F)cc1. The highest BCUT2D eigenvalue weighted by Gasteiger charge is 2.17. The number of halogens is 1. The van der Waals surface area contributed by atoms with Crippen molar-refractivity contribution in [1.29, 1.82) is 0 Å². The molecule has 4 rings (SSSR count). The minimum absolute atomic E-state index is 0.200. The van der Waals surface area contributed by atoms with Crippen molar-refractivity contribution >= 4 is 39.2 Å². The van der Waals surface area contributed by atoms with Crippen molar-refractivity contribution in [3.63, 3.8) is 0 Å². The number of nitrogens with one attached hydrogen (secondary N) is 3. The van der Waals surface area contributed by atoms with Crippen LogP contribution < -0.4 is 10.6 Å². The molecule has 2 amide bonds. The average Bonchev–Trinajstić information content (AvgIpc) is 3.29. The van der Waals surface area contributed by atoms with Crippen molar-refractivity contribution in [2.24, 2.45) is 0 Å². The Hall–Kier alpha value is -3.52. The molecule has 0 aliphatic carbocycles. The summed E-state index contributed by atoms with van der Waals surface area (Å²) >= 11 is 1.23. The lowest BCUT2D eigenvalue weighted by atomic mass is 10.2. The summed E-state index contributed by atoms with van der Waals surface area (Å²) in [5, 5.41) is 12.4. The number of aromatic amines is 1. The van der Waals surface area contributed by atoms with Gasteiger partial charge >= 0.3 is 0 Å². The number of carbonyl (C=O) groups is 2. The fourth-order valence-electron chi connectivity index (χ4n) is 2.66. The fraction of sp³-hybridized carbons (Fsp3) is 0.0500. The summed E-state index contributed by atoms with van der Waals surface area (Å²) in [5.41, 5.74) is 1.98. The molecule has 2 aromatic carbocycles. The van der Waals surface area contributed by atoms with Crippen LogP contribution in [0.25, 0.3) is 10.2 Å². The molecule has 0 fully saturated rings. The van der Waals surface area contributed by atoms with E-state index in [4.69, 9.17) is 0 Å². The van der Waals surface area contributed by atoms with Gasteiger partial charge in [0.15, 0.2) is 5.82 Å². The highest BCUT2D eigenvalue weighted by molar-refractivity contribution is 7.21. The summed E-state index contributed by atoms with van der Waals surface area (Å²) in [4.78, 5) is 25.2. The topological polar surface area (TPSA) is 86.9 Å². The first-order chi connectivity index (χ1) is 13.6. The van der Waals surface area contributed by atoms with Crippen LogP contribution >= 0.6 is 11.3 Å². The molecule has 6 nitrogen and oxygen atoms in total. The summed E-state index contributed by atoms with van der Waals surface area (Å²) in [6.45, 7) is 0.428. The minimum atomic E-state index is -0.414. The zero-order valence-electron chi connectivity index (χ0n) is 14.5. The van der Waals surface area contributed by atoms with E-state index >= 15 is 0 Å². The molecule has 140 valence electrons. The average molecular weight is 394 g/mol. The molecule has 0 spiro atoms. The number of carbonyl (C=O) groups excluding carboxylic acids is 2. The predicted molar refractivity (Wildman–Crippen MR) is 106 cm³/mol. The number of amides is 2. The number of aromatic nitrogens is 2. The van der Waals surface area contributed by atoms with Gasteiger partial charge in [0.25, 0.3) is 11.8 Å². The minimum Gasteiger partial charge on any atom is -0.347 e. The molecule has 28 heavy (non-hydrogen) atoms. The quantitative estimate of drug-likeness (QED) is 0.479. The van der Waals surface area contributed by atoms with Gasteiger partial charge in [-0.15, -0.1) is 11.3 Å². The van der Waals surface area contributed by atoms with E-state index in [1.54, 1.807) is 6.07 Å². The van der Waals surface area contributed by atoms with Gasteiger partial charge in [0.1, 0.15) is 5.82 Å². The zero-order chi connectivity index (χ0) is 19.5. The maximum atomic E-state index is 13.0. The number of anilines is 1. The van der Waals surface area contributed by atoms with E-state index in [0.29, 0.717) is 33.0 Å². The standard InChI is InChI=1S/C20H15FN4O2S/c21-14-8-6-13(7-9-14)19(26)23-18-17-15(24-25-18)10-16(28-17)20(27)22-11-12-4-2-1-3-5-12/h1-10H,11H2,(H,22,27)(H2,23,24,25,26). The summed E-state index contributed by atoms with van der Waals surface area (Å²) in [7, 11) is 0. The summed E-state index contributed by atoms with van der Waals surface area (Å²) in [5.74, 6) is -0.689. The number of H-pyrrole nitrogens is 1. The molecule has 0 saturated heterocycles. The number of thiophene rings is 1. The number of hydrogen-bond donors (Lipinski definition) is 3. The Kier molecular flexibility index (Phi) is 4.86. The highest BCUT2D eigenvalue weighted by Crippen LogP contribution is 2.30. The monoisotopic (exact) mass is 394 g/mol. The smallest absolute Gasteiger partial charge is 0.261 e. The van der Waals surface area contributed by atoms with E-state index in [0.717, 1.165) is 5.56 Å². The van der Waals surface area contributed by atoms with Gasteiger partial charge in [0, 0.05) is 12.1 Å². The van der Waals surface area contributed by atoms with E-state index < -0.39 is 11.7 Å². The van der Waals surface area contributed by atoms with Crippen LogP contribution in [0.4, 0.5) is 10.2 Å².